The highest BCUT2D eigenvalue weighted by Gasteiger charge is 2.14. The van der Waals surface area contributed by atoms with Crippen molar-refractivity contribution in [1.29, 1.82) is 0 Å². The molecular weight excluding hydrogens is 439 g/mol. The summed E-state index contributed by atoms with van der Waals surface area (Å²) in [6.45, 7) is 0. The normalized spacial score (nSPS) is 10.2. The number of ether oxygens (including phenoxy) is 1. The molecule has 0 unspecified atom stereocenters. The van der Waals surface area contributed by atoms with Gasteiger partial charge in [-0.3, -0.25) is 0 Å². The standard InChI is InChI=1S/C18H15P.C8H9BrO/c1-4-10-16(11-5-1)19(17-12-6-2-7-13-17)18-14-8-3-9-15-18;1-10-8-4-2-3-7(5-8)6-9/h1-15H;2-5H,6H2,1H3. The molecule has 0 aromatic heterocycles. The smallest absolute Gasteiger partial charge is 0.119 e. The zero-order chi connectivity index (χ0) is 20.3. The Morgan fingerprint density at radius 3 is 1.45 bits per heavy atom. The summed E-state index contributed by atoms with van der Waals surface area (Å²) in [5.74, 6) is 0.914. The fourth-order valence-electron chi connectivity index (χ4n) is 2.93. The Balaban J connectivity index is 0.000000204. The van der Waals surface area contributed by atoms with Gasteiger partial charge >= 0.3 is 0 Å². The lowest BCUT2D eigenvalue weighted by Crippen LogP contribution is -2.20. The molecule has 0 amide bonds. The minimum Gasteiger partial charge on any atom is -0.497 e. The SMILES string of the molecule is COc1cccc(CBr)c1.c1ccc(P(c2ccccc2)c2ccccc2)cc1. The molecule has 0 atom stereocenters. The van der Waals surface area contributed by atoms with Crippen LogP contribution in [0.2, 0.25) is 0 Å². The molecule has 0 bridgehead atoms. The van der Waals surface area contributed by atoms with E-state index < -0.39 is 7.92 Å². The number of hydrogen-bond acceptors (Lipinski definition) is 1. The Bertz CT molecular complexity index is 862. The number of rotatable bonds is 5. The molecule has 29 heavy (non-hydrogen) atoms. The van der Waals surface area contributed by atoms with Gasteiger partial charge in [-0.25, -0.2) is 0 Å². The van der Waals surface area contributed by atoms with Gasteiger partial charge in [0.15, 0.2) is 0 Å². The van der Waals surface area contributed by atoms with Crippen LogP contribution in [0.25, 0.3) is 0 Å². The third-order valence-corrected chi connectivity index (χ3v) is 7.42. The van der Waals surface area contributed by atoms with E-state index in [0.29, 0.717) is 0 Å². The van der Waals surface area contributed by atoms with Crippen LogP contribution < -0.4 is 20.7 Å². The van der Waals surface area contributed by atoms with Gasteiger partial charge in [0.25, 0.3) is 0 Å². The minimum atomic E-state index is -0.446. The van der Waals surface area contributed by atoms with Crippen molar-refractivity contribution in [3.63, 3.8) is 0 Å². The van der Waals surface area contributed by atoms with Gasteiger partial charge in [0.1, 0.15) is 5.75 Å². The number of alkyl halides is 1. The Morgan fingerprint density at radius 2 is 1.07 bits per heavy atom. The van der Waals surface area contributed by atoms with E-state index in [-0.39, 0.29) is 0 Å². The molecule has 146 valence electrons. The van der Waals surface area contributed by atoms with E-state index >= 15 is 0 Å². The van der Waals surface area contributed by atoms with Crippen molar-refractivity contribution in [3.8, 4) is 5.75 Å². The summed E-state index contributed by atoms with van der Waals surface area (Å²) >= 11 is 3.37. The summed E-state index contributed by atoms with van der Waals surface area (Å²) in [5, 5.41) is 5.07. The Morgan fingerprint density at radius 1 is 0.621 bits per heavy atom. The second-order valence-electron chi connectivity index (χ2n) is 6.33. The highest BCUT2D eigenvalue weighted by Crippen LogP contribution is 2.32. The summed E-state index contributed by atoms with van der Waals surface area (Å²) in [6.07, 6.45) is 0. The van der Waals surface area contributed by atoms with Crippen LogP contribution in [0.4, 0.5) is 0 Å². The lowest BCUT2D eigenvalue weighted by atomic mass is 10.2. The van der Waals surface area contributed by atoms with Gasteiger partial charge in [0, 0.05) is 5.33 Å². The maximum absolute atomic E-state index is 5.04. The van der Waals surface area contributed by atoms with Gasteiger partial charge in [-0.1, -0.05) is 119 Å². The van der Waals surface area contributed by atoms with Crippen LogP contribution in [0.5, 0.6) is 5.75 Å². The van der Waals surface area contributed by atoms with E-state index in [2.05, 4.69) is 113 Å². The molecule has 0 aliphatic rings. The van der Waals surface area contributed by atoms with Crippen LogP contribution in [0.1, 0.15) is 5.56 Å². The van der Waals surface area contributed by atoms with E-state index in [1.807, 2.05) is 18.2 Å². The van der Waals surface area contributed by atoms with Crippen molar-refractivity contribution >= 4 is 39.8 Å². The summed E-state index contributed by atoms with van der Waals surface area (Å²) in [5.41, 5.74) is 1.24. The zero-order valence-corrected chi connectivity index (χ0v) is 18.9. The van der Waals surface area contributed by atoms with E-state index in [1.165, 1.54) is 21.5 Å². The van der Waals surface area contributed by atoms with Gasteiger partial charge < -0.3 is 4.74 Å². The fourth-order valence-corrected chi connectivity index (χ4v) is 5.59. The first-order valence-electron chi connectivity index (χ1n) is 9.46. The van der Waals surface area contributed by atoms with Crippen LogP contribution in [-0.4, -0.2) is 7.11 Å². The number of halogens is 1. The van der Waals surface area contributed by atoms with Crippen molar-refractivity contribution in [2.45, 2.75) is 5.33 Å². The first-order valence-corrected chi connectivity index (χ1v) is 11.9. The topological polar surface area (TPSA) is 9.23 Å². The molecule has 0 heterocycles. The van der Waals surface area contributed by atoms with E-state index in [1.54, 1.807) is 7.11 Å². The predicted octanol–water partition coefficient (Wildman–Crippen LogP) is 6.03. The quantitative estimate of drug-likeness (QED) is 0.259. The first kappa shape index (κ1) is 21.3. The highest BCUT2D eigenvalue weighted by molar-refractivity contribution is 9.08. The summed E-state index contributed by atoms with van der Waals surface area (Å²) in [6, 6.07) is 40.3. The van der Waals surface area contributed by atoms with Crippen molar-refractivity contribution < 1.29 is 4.74 Å². The van der Waals surface area contributed by atoms with E-state index in [9.17, 15) is 0 Å². The molecule has 1 nitrogen and oxygen atoms in total. The van der Waals surface area contributed by atoms with Gasteiger partial charge in [-0.2, -0.15) is 0 Å². The van der Waals surface area contributed by atoms with Crippen molar-refractivity contribution in [2.75, 3.05) is 7.11 Å². The molecule has 0 saturated carbocycles. The lowest BCUT2D eigenvalue weighted by molar-refractivity contribution is 0.414. The second kappa shape index (κ2) is 11.6. The number of hydrogen-bond donors (Lipinski definition) is 0. The summed E-state index contributed by atoms with van der Waals surface area (Å²) in [4.78, 5) is 0. The van der Waals surface area contributed by atoms with Crippen LogP contribution in [0.3, 0.4) is 0 Å². The van der Waals surface area contributed by atoms with Gasteiger partial charge in [0.2, 0.25) is 0 Å². The van der Waals surface area contributed by atoms with Gasteiger partial charge in [-0.05, 0) is 41.5 Å². The predicted molar refractivity (Wildman–Crippen MR) is 131 cm³/mol. The van der Waals surface area contributed by atoms with E-state index in [0.717, 1.165) is 11.1 Å². The van der Waals surface area contributed by atoms with Crippen molar-refractivity contribution in [2.24, 2.45) is 0 Å². The molecular formula is C26H24BrOP. The second-order valence-corrected chi connectivity index (χ2v) is 9.11. The molecule has 4 aromatic carbocycles. The molecule has 0 radical (unpaired) electrons. The average molecular weight is 463 g/mol. The Labute approximate surface area is 183 Å². The van der Waals surface area contributed by atoms with Crippen molar-refractivity contribution in [3.05, 3.63) is 121 Å². The molecule has 0 aliphatic heterocycles. The zero-order valence-electron chi connectivity index (χ0n) is 16.4. The van der Waals surface area contributed by atoms with E-state index in [4.69, 9.17) is 4.74 Å². The molecule has 0 saturated heterocycles. The summed E-state index contributed by atoms with van der Waals surface area (Å²) < 4.78 is 5.04. The third kappa shape index (κ3) is 6.29. The van der Waals surface area contributed by atoms with Gasteiger partial charge in [-0.15, -0.1) is 0 Å². The monoisotopic (exact) mass is 462 g/mol. The maximum Gasteiger partial charge on any atom is 0.119 e. The molecule has 0 fully saturated rings. The molecule has 3 heteroatoms. The summed E-state index contributed by atoms with van der Waals surface area (Å²) in [7, 11) is 1.23. The van der Waals surface area contributed by atoms with Crippen molar-refractivity contribution in [1.82, 2.24) is 0 Å². The fraction of sp³-hybridized carbons (Fsp3) is 0.0769. The van der Waals surface area contributed by atoms with Crippen LogP contribution in [0, 0.1) is 0 Å². The minimum absolute atomic E-state index is 0.446. The molecule has 0 spiro atoms. The molecule has 4 rings (SSSR count). The molecule has 0 N–H and O–H groups in total. The largest absolute Gasteiger partial charge is 0.497 e. The lowest BCUT2D eigenvalue weighted by Gasteiger charge is -2.18. The maximum atomic E-state index is 5.04. The van der Waals surface area contributed by atoms with Crippen LogP contribution in [-0.2, 0) is 5.33 Å². The molecule has 4 aromatic rings. The number of methoxy groups -OCH3 is 1. The molecule has 0 aliphatic carbocycles. The highest BCUT2D eigenvalue weighted by atomic mass is 79.9. The Kier molecular flexibility index (Phi) is 8.49. The average Bonchev–Trinajstić information content (AvgIpc) is 2.82. The first-order chi connectivity index (χ1) is 14.3. The van der Waals surface area contributed by atoms with Crippen LogP contribution >= 0.6 is 23.9 Å². The van der Waals surface area contributed by atoms with Gasteiger partial charge in [0.05, 0.1) is 7.11 Å². The van der Waals surface area contributed by atoms with Crippen LogP contribution in [0.15, 0.2) is 115 Å². The number of benzene rings is 4. The Hall–Kier alpha value is -2.41. The third-order valence-electron chi connectivity index (χ3n) is 4.33.